The topological polar surface area (TPSA) is 41.6 Å². The van der Waals surface area contributed by atoms with Gasteiger partial charge in [-0.2, -0.15) is 0 Å². The Labute approximate surface area is 135 Å². The lowest BCUT2D eigenvalue weighted by Crippen LogP contribution is -1.99. The largest absolute Gasteiger partial charge is 0.335 e. The molecule has 4 rings (SSSR count). The smallest absolute Gasteiger partial charge is 0.174 e. The van der Waals surface area contributed by atoms with Gasteiger partial charge in [-0.3, -0.25) is 4.98 Å². The lowest BCUT2D eigenvalue weighted by molar-refractivity contribution is 0.636. The Morgan fingerprint density at radius 1 is 1.09 bits per heavy atom. The standard InChI is InChI=1S/C20H18N3/c1-13(2)10-15-11-18-20(22-12-21-18)19(23-15)17-9-5-7-14-6-3-4-8-16(14)17/h3-9,11,13H,10H2,1-2H3,(H,21,22). The molecule has 0 atom stereocenters. The molecule has 0 spiro atoms. The molecule has 0 unspecified atom stereocenters. The molecule has 3 nitrogen and oxygen atoms in total. The maximum absolute atomic E-state index is 4.93. The molecule has 4 aromatic rings. The highest BCUT2D eigenvalue weighted by Crippen LogP contribution is 2.31. The van der Waals surface area contributed by atoms with E-state index in [9.17, 15) is 0 Å². The van der Waals surface area contributed by atoms with Gasteiger partial charge in [-0.1, -0.05) is 56.3 Å². The number of nitrogens with zero attached hydrogens (tertiary/aromatic N) is 2. The molecule has 0 saturated heterocycles. The van der Waals surface area contributed by atoms with Gasteiger partial charge < -0.3 is 4.98 Å². The molecular weight excluding hydrogens is 282 g/mol. The van der Waals surface area contributed by atoms with Crippen LogP contribution in [0.4, 0.5) is 0 Å². The molecule has 0 amide bonds. The van der Waals surface area contributed by atoms with Crippen molar-refractivity contribution in [2.24, 2.45) is 5.92 Å². The van der Waals surface area contributed by atoms with Crippen molar-refractivity contribution in [1.82, 2.24) is 15.0 Å². The van der Waals surface area contributed by atoms with Crippen molar-refractivity contribution in [2.75, 3.05) is 0 Å². The molecule has 0 saturated carbocycles. The van der Waals surface area contributed by atoms with Crippen molar-refractivity contribution in [3.8, 4) is 11.3 Å². The summed E-state index contributed by atoms with van der Waals surface area (Å²) in [5.74, 6) is 0.562. The summed E-state index contributed by atoms with van der Waals surface area (Å²) in [4.78, 5) is 12.4. The van der Waals surface area contributed by atoms with E-state index in [1.807, 2.05) is 0 Å². The Balaban J connectivity index is 2.01. The second-order valence-electron chi connectivity index (χ2n) is 6.33. The second kappa shape index (κ2) is 5.51. The summed E-state index contributed by atoms with van der Waals surface area (Å²) >= 11 is 0. The van der Waals surface area contributed by atoms with Crippen LogP contribution in [0.1, 0.15) is 19.5 Å². The Morgan fingerprint density at radius 2 is 1.91 bits per heavy atom. The predicted molar refractivity (Wildman–Crippen MR) is 94.2 cm³/mol. The van der Waals surface area contributed by atoms with E-state index in [-0.39, 0.29) is 0 Å². The van der Waals surface area contributed by atoms with E-state index < -0.39 is 0 Å². The first-order valence-corrected chi connectivity index (χ1v) is 7.96. The normalized spacial score (nSPS) is 11.6. The van der Waals surface area contributed by atoms with Gasteiger partial charge in [-0.05, 0) is 29.2 Å². The van der Waals surface area contributed by atoms with Crippen LogP contribution in [-0.2, 0) is 6.42 Å². The highest BCUT2D eigenvalue weighted by Gasteiger charge is 2.13. The molecule has 0 aliphatic rings. The fourth-order valence-corrected chi connectivity index (χ4v) is 3.09. The molecule has 2 aromatic heterocycles. The van der Waals surface area contributed by atoms with E-state index >= 15 is 0 Å². The van der Waals surface area contributed by atoms with Crippen LogP contribution in [0, 0.1) is 12.2 Å². The zero-order chi connectivity index (χ0) is 15.8. The molecule has 0 aliphatic carbocycles. The van der Waals surface area contributed by atoms with Crippen LogP contribution in [0.25, 0.3) is 33.1 Å². The minimum Gasteiger partial charge on any atom is -0.335 e. The van der Waals surface area contributed by atoms with E-state index in [2.05, 4.69) is 78.7 Å². The quantitative estimate of drug-likeness (QED) is 0.591. The third kappa shape index (κ3) is 2.48. The van der Waals surface area contributed by atoms with Gasteiger partial charge in [-0.15, -0.1) is 0 Å². The number of H-pyrrole nitrogens is 1. The summed E-state index contributed by atoms with van der Waals surface area (Å²) in [5, 5.41) is 2.42. The molecular formula is C20H18N3. The minimum atomic E-state index is 0.562. The second-order valence-corrected chi connectivity index (χ2v) is 6.33. The first-order valence-electron chi connectivity index (χ1n) is 7.96. The fraction of sp³-hybridized carbons (Fsp3) is 0.200. The molecule has 3 heteroatoms. The van der Waals surface area contributed by atoms with E-state index in [4.69, 9.17) is 4.98 Å². The van der Waals surface area contributed by atoms with Crippen LogP contribution in [0.2, 0.25) is 0 Å². The highest BCUT2D eigenvalue weighted by molar-refractivity contribution is 6.01. The number of pyridine rings is 1. The monoisotopic (exact) mass is 300 g/mol. The van der Waals surface area contributed by atoms with Crippen molar-refractivity contribution in [1.29, 1.82) is 0 Å². The third-order valence-corrected chi connectivity index (χ3v) is 4.07. The summed E-state index contributed by atoms with van der Waals surface area (Å²) in [6.07, 6.45) is 3.81. The van der Waals surface area contributed by atoms with Crippen molar-refractivity contribution in [3.05, 3.63) is 60.6 Å². The zero-order valence-corrected chi connectivity index (χ0v) is 13.3. The minimum absolute atomic E-state index is 0.562. The Morgan fingerprint density at radius 3 is 2.78 bits per heavy atom. The number of hydrogen-bond donors (Lipinski definition) is 1. The van der Waals surface area contributed by atoms with Crippen molar-refractivity contribution < 1.29 is 0 Å². The van der Waals surface area contributed by atoms with Crippen LogP contribution in [0.15, 0.2) is 48.5 Å². The number of aromatic amines is 1. The Kier molecular flexibility index (Phi) is 3.34. The van der Waals surface area contributed by atoms with Gasteiger partial charge in [0.2, 0.25) is 0 Å². The first kappa shape index (κ1) is 13.9. The van der Waals surface area contributed by atoms with Crippen molar-refractivity contribution in [2.45, 2.75) is 20.3 Å². The summed E-state index contributed by atoms with van der Waals surface area (Å²) in [5.41, 5.74) is 5.03. The van der Waals surface area contributed by atoms with E-state index in [1.54, 1.807) is 0 Å². The van der Waals surface area contributed by atoms with Gasteiger partial charge >= 0.3 is 0 Å². The molecule has 23 heavy (non-hydrogen) atoms. The number of nitrogens with one attached hydrogen (secondary N) is 1. The van der Waals surface area contributed by atoms with E-state index in [0.717, 1.165) is 34.4 Å². The molecule has 2 heterocycles. The summed E-state index contributed by atoms with van der Waals surface area (Å²) < 4.78 is 0. The van der Waals surface area contributed by atoms with Gasteiger partial charge in [0.1, 0.15) is 5.52 Å². The number of benzene rings is 2. The third-order valence-electron chi connectivity index (χ3n) is 4.07. The van der Waals surface area contributed by atoms with Gasteiger partial charge in [0.25, 0.3) is 0 Å². The molecule has 0 bridgehead atoms. The van der Waals surface area contributed by atoms with Gasteiger partial charge in [-0.25, -0.2) is 4.98 Å². The lowest BCUT2D eigenvalue weighted by atomic mass is 10.00. The molecule has 1 radical (unpaired) electrons. The number of rotatable bonds is 3. The van der Waals surface area contributed by atoms with Crippen LogP contribution >= 0.6 is 0 Å². The van der Waals surface area contributed by atoms with Crippen molar-refractivity contribution >= 4 is 21.8 Å². The number of hydrogen-bond acceptors (Lipinski definition) is 2. The number of aromatic nitrogens is 3. The van der Waals surface area contributed by atoms with Gasteiger partial charge in [0.05, 0.1) is 11.2 Å². The average molecular weight is 300 g/mol. The molecule has 113 valence electrons. The summed E-state index contributed by atoms with van der Waals surface area (Å²) in [6, 6.07) is 16.8. The molecule has 0 aliphatic heterocycles. The SMILES string of the molecule is CC(C)Cc1cc2[nH][c]nc2c(-c2cccc3ccccc23)n1. The molecule has 0 fully saturated rings. The molecule has 2 aromatic carbocycles. The predicted octanol–water partition coefficient (Wildman–Crippen LogP) is 4.78. The van der Waals surface area contributed by atoms with Gasteiger partial charge in [0.15, 0.2) is 6.33 Å². The zero-order valence-electron chi connectivity index (χ0n) is 13.3. The van der Waals surface area contributed by atoms with Gasteiger partial charge in [0, 0.05) is 11.3 Å². The maximum atomic E-state index is 4.93. The van der Waals surface area contributed by atoms with Crippen LogP contribution in [0.3, 0.4) is 0 Å². The Hall–Kier alpha value is -2.68. The average Bonchev–Trinajstić information content (AvgIpc) is 3.01. The maximum Gasteiger partial charge on any atom is 0.174 e. The van der Waals surface area contributed by atoms with E-state index in [1.165, 1.54) is 10.8 Å². The van der Waals surface area contributed by atoms with Crippen LogP contribution in [-0.4, -0.2) is 15.0 Å². The lowest BCUT2D eigenvalue weighted by Gasteiger charge is -2.10. The highest BCUT2D eigenvalue weighted by atomic mass is 14.9. The number of imidazole rings is 1. The summed E-state index contributed by atoms with van der Waals surface area (Å²) in [7, 11) is 0. The van der Waals surface area contributed by atoms with Crippen LogP contribution in [0.5, 0.6) is 0 Å². The Bertz CT molecular complexity index is 977. The van der Waals surface area contributed by atoms with Crippen molar-refractivity contribution in [3.63, 3.8) is 0 Å². The summed E-state index contributed by atoms with van der Waals surface area (Å²) in [6.45, 7) is 4.42. The molecule has 1 N–H and O–H groups in total. The van der Waals surface area contributed by atoms with E-state index in [0.29, 0.717) is 5.92 Å². The fourth-order valence-electron chi connectivity index (χ4n) is 3.09. The number of fused-ring (bicyclic) bond motifs is 2. The first-order chi connectivity index (χ1) is 11.2. The van der Waals surface area contributed by atoms with Crippen LogP contribution < -0.4 is 0 Å².